The molecule has 0 aliphatic heterocycles. The van der Waals surface area contributed by atoms with Crippen molar-refractivity contribution in [1.82, 2.24) is 4.98 Å². The highest BCUT2D eigenvalue weighted by molar-refractivity contribution is 7.17. The molecule has 0 spiro atoms. The molecule has 1 aromatic carbocycles. The molecule has 0 aliphatic carbocycles. The van der Waals surface area contributed by atoms with Crippen LogP contribution in [-0.4, -0.2) is 30.1 Å². The van der Waals surface area contributed by atoms with Gasteiger partial charge < -0.3 is 14.2 Å². The minimum Gasteiger partial charge on any atom is -0.493 e. The molecule has 0 aliphatic rings. The summed E-state index contributed by atoms with van der Waals surface area (Å²) in [6.07, 6.45) is 0. The molecule has 0 bridgehead atoms. The van der Waals surface area contributed by atoms with E-state index in [2.05, 4.69) is 4.98 Å². The van der Waals surface area contributed by atoms with Crippen molar-refractivity contribution in [3.8, 4) is 22.1 Å². The third-order valence-electron chi connectivity index (χ3n) is 3.51. The smallest absolute Gasteiger partial charge is 0.348 e. The predicted octanol–water partition coefficient (Wildman–Crippen LogP) is 4.15. The lowest BCUT2D eigenvalue weighted by atomic mass is 10.2. The first-order chi connectivity index (χ1) is 13.0. The number of esters is 1. The number of aromatic nitrogens is 1. The molecule has 140 valence electrons. The molecule has 2 aromatic heterocycles. The lowest BCUT2D eigenvalue weighted by Crippen LogP contribution is -2.03. The highest BCUT2D eigenvalue weighted by Crippen LogP contribution is 2.33. The first-order valence-electron chi connectivity index (χ1n) is 7.60. The van der Waals surface area contributed by atoms with Gasteiger partial charge in [0.25, 0.3) is 0 Å². The van der Waals surface area contributed by atoms with Crippen LogP contribution in [0.2, 0.25) is 0 Å². The van der Waals surface area contributed by atoms with Crippen LogP contribution in [0.5, 0.6) is 11.5 Å². The Bertz CT molecular complexity index is 981. The van der Waals surface area contributed by atoms with E-state index in [0.717, 1.165) is 21.9 Å². The Morgan fingerprint density at radius 3 is 2.63 bits per heavy atom. The van der Waals surface area contributed by atoms with E-state index in [-0.39, 0.29) is 16.5 Å². The lowest BCUT2D eigenvalue weighted by Gasteiger charge is -2.08. The van der Waals surface area contributed by atoms with Crippen molar-refractivity contribution < 1.29 is 23.9 Å². The molecular weight excluding hydrogens is 392 g/mol. The minimum absolute atomic E-state index is 0.0195. The van der Waals surface area contributed by atoms with Crippen LogP contribution in [0.15, 0.2) is 35.7 Å². The number of thiazole rings is 1. The molecular formula is C17H14N2O6S2. The van der Waals surface area contributed by atoms with Crippen LogP contribution < -0.4 is 9.47 Å². The summed E-state index contributed by atoms with van der Waals surface area (Å²) in [5.41, 5.74) is 1.44. The molecule has 3 aromatic rings. The standard InChI is InChI=1S/C17H14N2O6S2/c1-23-12-4-3-10(7-13(12)24-2)16-18-11(9-26-16)8-25-17(20)14-5-6-15(27-14)19(21)22/h3-7,9H,8H2,1-2H3. The van der Waals surface area contributed by atoms with Crippen molar-refractivity contribution >= 4 is 33.6 Å². The highest BCUT2D eigenvalue weighted by atomic mass is 32.1. The largest absolute Gasteiger partial charge is 0.493 e. The normalized spacial score (nSPS) is 10.4. The number of benzene rings is 1. The quantitative estimate of drug-likeness (QED) is 0.330. The first-order valence-corrected chi connectivity index (χ1v) is 9.29. The second kappa shape index (κ2) is 8.14. The van der Waals surface area contributed by atoms with E-state index in [9.17, 15) is 14.9 Å². The molecule has 0 unspecified atom stereocenters. The maximum Gasteiger partial charge on any atom is 0.348 e. The van der Waals surface area contributed by atoms with E-state index in [1.807, 2.05) is 12.1 Å². The Morgan fingerprint density at radius 2 is 1.96 bits per heavy atom. The van der Waals surface area contributed by atoms with Crippen molar-refractivity contribution in [3.05, 3.63) is 56.4 Å². The fourth-order valence-electron chi connectivity index (χ4n) is 2.22. The maximum atomic E-state index is 12.0. The number of thiophene rings is 1. The summed E-state index contributed by atoms with van der Waals surface area (Å²) >= 11 is 2.18. The average molecular weight is 406 g/mol. The fraction of sp³-hybridized carbons (Fsp3) is 0.176. The third-order valence-corrected chi connectivity index (χ3v) is 5.46. The number of carbonyl (C=O) groups is 1. The molecule has 2 heterocycles. The molecule has 10 heteroatoms. The molecule has 3 rings (SSSR count). The van der Waals surface area contributed by atoms with Gasteiger partial charge in [0.1, 0.15) is 16.5 Å². The molecule has 0 radical (unpaired) electrons. The van der Waals surface area contributed by atoms with Crippen LogP contribution in [0, 0.1) is 10.1 Å². The molecule has 0 saturated heterocycles. The van der Waals surface area contributed by atoms with Gasteiger partial charge in [-0.1, -0.05) is 11.3 Å². The van der Waals surface area contributed by atoms with Crippen LogP contribution in [0.1, 0.15) is 15.4 Å². The van der Waals surface area contributed by atoms with Crippen LogP contribution in [0.3, 0.4) is 0 Å². The van der Waals surface area contributed by atoms with E-state index < -0.39 is 10.9 Å². The fourth-order valence-corrected chi connectivity index (χ4v) is 3.74. The number of carbonyl (C=O) groups excluding carboxylic acids is 1. The van der Waals surface area contributed by atoms with E-state index in [1.165, 1.54) is 23.5 Å². The number of hydrogen-bond donors (Lipinski definition) is 0. The average Bonchev–Trinajstić information content (AvgIpc) is 3.35. The van der Waals surface area contributed by atoms with Gasteiger partial charge in [0.05, 0.1) is 24.8 Å². The summed E-state index contributed by atoms with van der Waals surface area (Å²) in [7, 11) is 3.12. The zero-order valence-corrected chi connectivity index (χ0v) is 16.0. The van der Waals surface area contributed by atoms with Crippen molar-refractivity contribution in [2.75, 3.05) is 14.2 Å². The Balaban J connectivity index is 1.67. The second-order valence-corrected chi connectivity index (χ2v) is 7.11. The molecule has 0 atom stereocenters. The monoisotopic (exact) mass is 406 g/mol. The topological polar surface area (TPSA) is 101 Å². The van der Waals surface area contributed by atoms with Gasteiger partial charge in [-0.3, -0.25) is 10.1 Å². The van der Waals surface area contributed by atoms with Gasteiger partial charge in [0, 0.05) is 17.0 Å². The Kier molecular flexibility index (Phi) is 5.67. The lowest BCUT2D eigenvalue weighted by molar-refractivity contribution is -0.380. The maximum absolute atomic E-state index is 12.0. The predicted molar refractivity (Wildman–Crippen MR) is 101 cm³/mol. The Morgan fingerprint density at radius 1 is 1.19 bits per heavy atom. The zero-order valence-electron chi connectivity index (χ0n) is 14.3. The number of nitrogens with zero attached hydrogens (tertiary/aromatic N) is 2. The van der Waals surface area contributed by atoms with Gasteiger partial charge in [-0.15, -0.1) is 11.3 Å². The second-order valence-electron chi connectivity index (χ2n) is 5.18. The van der Waals surface area contributed by atoms with Gasteiger partial charge >= 0.3 is 11.0 Å². The van der Waals surface area contributed by atoms with Crippen molar-refractivity contribution in [1.29, 1.82) is 0 Å². The van der Waals surface area contributed by atoms with Crippen molar-refractivity contribution in [3.63, 3.8) is 0 Å². The third kappa shape index (κ3) is 4.23. The molecule has 0 fully saturated rings. The first kappa shape index (κ1) is 18.8. The highest BCUT2D eigenvalue weighted by Gasteiger charge is 2.17. The van der Waals surface area contributed by atoms with Gasteiger partial charge in [-0.05, 0) is 24.3 Å². The summed E-state index contributed by atoms with van der Waals surface area (Å²) < 4.78 is 15.7. The van der Waals surface area contributed by atoms with E-state index in [0.29, 0.717) is 17.2 Å². The van der Waals surface area contributed by atoms with Crippen LogP contribution >= 0.6 is 22.7 Å². The molecule has 8 nitrogen and oxygen atoms in total. The van der Waals surface area contributed by atoms with Crippen LogP contribution in [-0.2, 0) is 11.3 Å². The molecule has 0 amide bonds. The summed E-state index contributed by atoms with van der Waals surface area (Å²) in [6.45, 7) is -0.0195. The molecule has 0 saturated carbocycles. The summed E-state index contributed by atoms with van der Waals surface area (Å²) in [6, 6.07) is 8.12. The summed E-state index contributed by atoms with van der Waals surface area (Å²) in [4.78, 5) is 26.8. The number of hydrogen-bond acceptors (Lipinski definition) is 9. The Hall–Kier alpha value is -2.98. The summed E-state index contributed by atoms with van der Waals surface area (Å²) in [5.74, 6) is 0.600. The SMILES string of the molecule is COc1ccc(-c2nc(COC(=O)c3ccc([N+](=O)[O-])s3)cs2)cc1OC. The van der Waals surface area contributed by atoms with E-state index >= 15 is 0 Å². The van der Waals surface area contributed by atoms with Crippen molar-refractivity contribution in [2.24, 2.45) is 0 Å². The molecule has 0 N–H and O–H groups in total. The van der Waals surface area contributed by atoms with E-state index in [1.54, 1.807) is 25.7 Å². The minimum atomic E-state index is -0.617. The van der Waals surface area contributed by atoms with Crippen LogP contribution in [0.4, 0.5) is 5.00 Å². The van der Waals surface area contributed by atoms with Gasteiger partial charge in [-0.2, -0.15) is 0 Å². The summed E-state index contributed by atoms with van der Waals surface area (Å²) in [5, 5.41) is 13.1. The van der Waals surface area contributed by atoms with Gasteiger partial charge in [-0.25, -0.2) is 9.78 Å². The molecule has 27 heavy (non-hydrogen) atoms. The zero-order chi connectivity index (χ0) is 19.4. The van der Waals surface area contributed by atoms with Crippen LogP contribution in [0.25, 0.3) is 10.6 Å². The van der Waals surface area contributed by atoms with Gasteiger partial charge in [0.2, 0.25) is 0 Å². The van der Waals surface area contributed by atoms with Crippen molar-refractivity contribution in [2.45, 2.75) is 6.61 Å². The van der Waals surface area contributed by atoms with E-state index in [4.69, 9.17) is 14.2 Å². The Labute approximate surface area is 162 Å². The number of rotatable bonds is 7. The van der Waals surface area contributed by atoms with Gasteiger partial charge in [0.15, 0.2) is 11.5 Å². The number of methoxy groups -OCH3 is 2. The number of ether oxygens (including phenoxy) is 3. The number of nitro groups is 1.